The summed E-state index contributed by atoms with van der Waals surface area (Å²) in [6.07, 6.45) is 20.9. The van der Waals surface area contributed by atoms with Gasteiger partial charge in [-0.3, -0.25) is 0 Å². The molecule has 2 saturated heterocycles. The molecule has 2 aromatic rings. The average molecular weight is 796 g/mol. The molecule has 0 radical (unpaired) electrons. The van der Waals surface area contributed by atoms with Crippen molar-refractivity contribution in [2.45, 2.75) is 133 Å². The van der Waals surface area contributed by atoms with Gasteiger partial charge in [-0.1, -0.05) is 44.4 Å². The molecule has 3 fully saturated rings. The Kier molecular flexibility index (Phi) is 18.1. The summed E-state index contributed by atoms with van der Waals surface area (Å²) in [7, 11) is 1.47. The van der Waals surface area contributed by atoms with E-state index in [2.05, 4.69) is 43.4 Å². The first kappa shape index (κ1) is 41.4. The summed E-state index contributed by atoms with van der Waals surface area (Å²) in [6, 6.07) is 19.4. The Labute approximate surface area is 323 Å². The third kappa shape index (κ3) is 13.8. The van der Waals surface area contributed by atoms with Crippen LogP contribution in [0.25, 0.3) is 0 Å². The van der Waals surface area contributed by atoms with Gasteiger partial charge >= 0.3 is 225 Å². The second-order valence-corrected chi connectivity index (χ2v) is 17.0. The number of hydrogen-bond acceptors (Lipinski definition) is 8. The molecule has 9 heteroatoms. The predicted molar refractivity (Wildman–Crippen MR) is 208 cm³/mol. The fourth-order valence-corrected chi connectivity index (χ4v) is 9.73. The minimum Gasteiger partial charge on any atom is -0.353 e. The first-order chi connectivity index (χ1) is 26.0. The SMILES string of the molecule is CCCCC[C@@H](/C=C/[C@@H]1[C@@H](C/C=C\CCC([Se]c2ccccc2)C(=O)OC)[C@@H](OC2CCCCO2)C[C@H]1OC(=O)c1ccccc1)OC1CCCCO1. The monoisotopic (exact) mass is 796 g/mol. The van der Waals surface area contributed by atoms with Gasteiger partial charge in [0.2, 0.25) is 0 Å². The molecule has 0 N–H and O–H groups in total. The zero-order valence-electron chi connectivity index (χ0n) is 31.7. The number of carbonyl (C=O) groups is 2. The zero-order chi connectivity index (χ0) is 37.1. The van der Waals surface area contributed by atoms with Crippen molar-refractivity contribution in [2.24, 2.45) is 11.8 Å². The summed E-state index contributed by atoms with van der Waals surface area (Å²) in [6.45, 7) is 3.65. The average Bonchev–Trinajstić information content (AvgIpc) is 3.51. The fraction of sp³-hybridized carbons (Fsp3) is 0.591. The molecule has 1 saturated carbocycles. The van der Waals surface area contributed by atoms with Gasteiger partial charge in [0, 0.05) is 6.61 Å². The molecule has 8 nitrogen and oxygen atoms in total. The summed E-state index contributed by atoms with van der Waals surface area (Å²) < 4.78 is 38.0. The summed E-state index contributed by atoms with van der Waals surface area (Å²) in [5, 5.41) is 0. The van der Waals surface area contributed by atoms with Crippen LogP contribution < -0.4 is 4.46 Å². The second-order valence-electron chi connectivity index (χ2n) is 14.3. The summed E-state index contributed by atoms with van der Waals surface area (Å²) in [4.78, 5) is 26.0. The smallest absolute Gasteiger partial charge is 0.353 e. The van der Waals surface area contributed by atoms with Crippen molar-refractivity contribution in [1.82, 2.24) is 0 Å². The van der Waals surface area contributed by atoms with Crippen molar-refractivity contribution in [3.63, 3.8) is 0 Å². The number of ether oxygens (including phenoxy) is 6. The van der Waals surface area contributed by atoms with Gasteiger partial charge in [0.25, 0.3) is 0 Å². The van der Waals surface area contributed by atoms with Gasteiger partial charge in [-0.05, 0) is 37.8 Å². The Morgan fingerprint density at radius 2 is 1.58 bits per heavy atom. The van der Waals surface area contributed by atoms with Crippen LogP contribution >= 0.6 is 0 Å². The van der Waals surface area contributed by atoms with Crippen LogP contribution in [0.15, 0.2) is 85.0 Å². The number of unbranched alkanes of at least 4 members (excludes halogenated alkanes) is 2. The Morgan fingerprint density at radius 1 is 0.868 bits per heavy atom. The minimum atomic E-state index is -0.370. The molecule has 3 unspecified atom stereocenters. The van der Waals surface area contributed by atoms with E-state index in [1.807, 2.05) is 36.4 Å². The quantitative estimate of drug-likeness (QED) is 0.0571. The van der Waals surface area contributed by atoms with Crippen LogP contribution in [-0.4, -0.2) is 78.1 Å². The van der Waals surface area contributed by atoms with Crippen LogP contribution in [0.2, 0.25) is 4.82 Å². The molecule has 2 aliphatic heterocycles. The number of carbonyl (C=O) groups excluding carboxylic acids is 2. The van der Waals surface area contributed by atoms with Gasteiger partial charge in [-0.15, -0.1) is 0 Å². The van der Waals surface area contributed by atoms with Gasteiger partial charge in [0.05, 0.1) is 0 Å². The van der Waals surface area contributed by atoms with Gasteiger partial charge < -0.3 is 4.74 Å². The van der Waals surface area contributed by atoms with Crippen molar-refractivity contribution in [3.8, 4) is 0 Å². The summed E-state index contributed by atoms with van der Waals surface area (Å²) in [5.74, 6) is -0.511. The Morgan fingerprint density at radius 3 is 2.26 bits per heavy atom. The zero-order valence-corrected chi connectivity index (χ0v) is 33.4. The van der Waals surface area contributed by atoms with Crippen molar-refractivity contribution >= 4 is 31.4 Å². The molecule has 2 heterocycles. The van der Waals surface area contributed by atoms with E-state index >= 15 is 0 Å². The molecule has 0 spiro atoms. The second kappa shape index (κ2) is 23.2. The maximum absolute atomic E-state index is 13.5. The molecular weight excluding hydrogens is 735 g/mol. The Balaban J connectivity index is 1.35. The Bertz CT molecular complexity index is 1390. The van der Waals surface area contributed by atoms with E-state index in [4.69, 9.17) is 28.4 Å². The maximum atomic E-state index is 13.5. The molecule has 53 heavy (non-hydrogen) atoms. The molecule has 1 aliphatic carbocycles. The van der Waals surface area contributed by atoms with E-state index < -0.39 is 0 Å². The molecule has 8 atom stereocenters. The molecular formula is C44H60O8Se. The number of esters is 2. The Hall–Kier alpha value is -2.78. The van der Waals surface area contributed by atoms with E-state index in [9.17, 15) is 9.59 Å². The van der Waals surface area contributed by atoms with Gasteiger partial charge in [-0.2, -0.15) is 0 Å². The summed E-state index contributed by atoms with van der Waals surface area (Å²) in [5.41, 5.74) is 0.541. The first-order valence-corrected chi connectivity index (χ1v) is 21.8. The van der Waals surface area contributed by atoms with E-state index in [1.54, 1.807) is 12.1 Å². The third-order valence-electron chi connectivity index (χ3n) is 10.4. The van der Waals surface area contributed by atoms with Crippen LogP contribution in [0.5, 0.6) is 0 Å². The molecule has 0 aromatic heterocycles. The van der Waals surface area contributed by atoms with E-state index in [0.717, 1.165) is 90.1 Å². The van der Waals surface area contributed by atoms with Crippen LogP contribution in [0, 0.1) is 11.8 Å². The number of benzene rings is 2. The van der Waals surface area contributed by atoms with Gasteiger partial charge in [0.15, 0.2) is 6.29 Å². The standard InChI is InChI=1S/C44H60O8Se/c1-3-4-8-21-34(50-41-26-15-17-30-48-41)28-29-37-36(24-13-7-14-25-40(44(46)47-2)53-35-22-11-6-12-23-35)38(51-42-27-16-18-31-49-42)32-39(37)52-43(45)33-19-9-5-10-20-33/h5-7,9-13,19-20,22-23,28-29,34,36-42H,3-4,8,14-18,21,24-27,30-32H2,1-2H3/b13-7-,29-28+/t34-,36+,37+,38-,39+,40?,41?,42?/m0/s1. The molecule has 0 amide bonds. The summed E-state index contributed by atoms with van der Waals surface area (Å²) >= 11 is -0.0171. The molecule has 5 rings (SSSR count). The predicted octanol–water partition coefficient (Wildman–Crippen LogP) is 8.53. The molecule has 3 aliphatic rings. The number of hydrogen-bond donors (Lipinski definition) is 0. The van der Waals surface area contributed by atoms with Crippen molar-refractivity contribution in [3.05, 3.63) is 90.5 Å². The van der Waals surface area contributed by atoms with E-state index in [0.29, 0.717) is 18.6 Å². The van der Waals surface area contributed by atoms with Crippen LogP contribution in [0.1, 0.15) is 107 Å². The van der Waals surface area contributed by atoms with Crippen molar-refractivity contribution < 1.29 is 38.0 Å². The number of methoxy groups -OCH3 is 1. The molecule has 0 bridgehead atoms. The number of allylic oxidation sites excluding steroid dienone is 2. The fourth-order valence-electron chi connectivity index (χ4n) is 7.45. The van der Waals surface area contributed by atoms with E-state index in [1.165, 1.54) is 11.6 Å². The van der Waals surface area contributed by atoms with Crippen molar-refractivity contribution in [2.75, 3.05) is 20.3 Å². The van der Waals surface area contributed by atoms with Crippen LogP contribution in [0.3, 0.4) is 0 Å². The third-order valence-corrected chi connectivity index (χ3v) is 13.0. The van der Waals surface area contributed by atoms with Gasteiger partial charge in [0.1, 0.15) is 0 Å². The molecule has 290 valence electrons. The topological polar surface area (TPSA) is 89.5 Å². The first-order valence-electron chi connectivity index (χ1n) is 20.0. The van der Waals surface area contributed by atoms with Crippen LogP contribution in [0.4, 0.5) is 0 Å². The van der Waals surface area contributed by atoms with Crippen molar-refractivity contribution in [1.29, 1.82) is 0 Å². The van der Waals surface area contributed by atoms with Crippen LogP contribution in [-0.2, 0) is 33.2 Å². The normalized spacial score (nSPS) is 26.1. The minimum absolute atomic E-state index is 0.0171. The van der Waals surface area contributed by atoms with Gasteiger partial charge in [-0.25, -0.2) is 0 Å². The molecule has 2 aromatic carbocycles. The number of rotatable bonds is 20. The van der Waals surface area contributed by atoms with E-state index in [-0.39, 0.29) is 74.4 Å².